The van der Waals surface area contributed by atoms with E-state index in [0.29, 0.717) is 11.5 Å². The molecule has 0 aliphatic heterocycles. The summed E-state index contributed by atoms with van der Waals surface area (Å²) in [4.78, 5) is 0. The molecule has 0 heterocycles. The minimum absolute atomic E-state index is 0.470. The average Bonchev–Trinajstić information content (AvgIpc) is 2.97. The number of benzene rings is 1. The molecule has 1 nitrogen and oxygen atoms in total. The second kappa shape index (κ2) is 5.69. The van der Waals surface area contributed by atoms with Crippen LogP contribution >= 0.6 is 11.6 Å². The molecule has 2 bridgehead atoms. The Kier molecular flexibility index (Phi) is 4.10. The lowest BCUT2D eigenvalue weighted by atomic mass is 9.69. The predicted octanol–water partition coefficient (Wildman–Crippen LogP) is 4.69. The van der Waals surface area contributed by atoms with Crippen molar-refractivity contribution in [2.75, 3.05) is 6.54 Å². The van der Waals surface area contributed by atoms with Crippen molar-refractivity contribution in [2.45, 2.75) is 52.0 Å². The van der Waals surface area contributed by atoms with Crippen molar-refractivity contribution in [2.24, 2.45) is 17.3 Å². The van der Waals surface area contributed by atoms with E-state index < -0.39 is 0 Å². The van der Waals surface area contributed by atoms with E-state index in [4.69, 9.17) is 11.6 Å². The van der Waals surface area contributed by atoms with E-state index in [1.807, 2.05) is 6.07 Å². The monoisotopic (exact) mass is 291 g/mol. The van der Waals surface area contributed by atoms with E-state index in [9.17, 15) is 0 Å². The summed E-state index contributed by atoms with van der Waals surface area (Å²) in [5, 5.41) is 4.59. The summed E-state index contributed by atoms with van der Waals surface area (Å²) in [7, 11) is 0. The smallest absolute Gasteiger partial charge is 0.0408 e. The van der Waals surface area contributed by atoms with Crippen LogP contribution in [0.3, 0.4) is 0 Å². The van der Waals surface area contributed by atoms with Crippen molar-refractivity contribution in [3.63, 3.8) is 0 Å². The van der Waals surface area contributed by atoms with Gasteiger partial charge in [-0.05, 0) is 60.6 Å². The second-order valence-electron chi connectivity index (χ2n) is 7.28. The average molecular weight is 292 g/mol. The van der Waals surface area contributed by atoms with E-state index in [1.165, 1.54) is 44.2 Å². The summed E-state index contributed by atoms with van der Waals surface area (Å²) in [5.74, 6) is 1.89. The molecule has 2 heteroatoms. The summed E-state index contributed by atoms with van der Waals surface area (Å²) in [6.45, 7) is 5.67. The quantitative estimate of drug-likeness (QED) is 0.830. The lowest BCUT2D eigenvalue weighted by Crippen LogP contribution is -2.42. The predicted molar refractivity (Wildman–Crippen MR) is 86.2 cm³/mol. The van der Waals surface area contributed by atoms with Crippen LogP contribution in [-0.2, 0) is 6.42 Å². The van der Waals surface area contributed by atoms with Gasteiger partial charge in [0.2, 0.25) is 0 Å². The third-order valence-corrected chi connectivity index (χ3v) is 5.65. The zero-order chi connectivity index (χ0) is 14.2. The van der Waals surface area contributed by atoms with Gasteiger partial charge in [-0.3, -0.25) is 0 Å². The fraction of sp³-hybridized carbons (Fsp3) is 0.667. The first-order valence-electron chi connectivity index (χ1n) is 8.05. The number of rotatable bonds is 5. The molecule has 2 aliphatic rings. The number of fused-ring (bicyclic) bond motifs is 2. The van der Waals surface area contributed by atoms with Crippen molar-refractivity contribution in [3.05, 3.63) is 34.9 Å². The molecule has 0 saturated heterocycles. The van der Waals surface area contributed by atoms with E-state index in [0.717, 1.165) is 16.9 Å². The van der Waals surface area contributed by atoms with Gasteiger partial charge in [0.25, 0.3) is 0 Å². The first-order chi connectivity index (χ1) is 9.57. The van der Waals surface area contributed by atoms with Gasteiger partial charge < -0.3 is 5.32 Å². The largest absolute Gasteiger partial charge is 0.314 e. The maximum Gasteiger partial charge on any atom is 0.0408 e. The van der Waals surface area contributed by atoms with Crippen LogP contribution in [0.2, 0.25) is 5.02 Å². The van der Waals surface area contributed by atoms with Gasteiger partial charge in [-0.25, -0.2) is 0 Å². The highest BCUT2D eigenvalue weighted by Crippen LogP contribution is 2.57. The van der Waals surface area contributed by atoms with Crippen molar-refractivity contribution in [1.82, 2.24) is 5.32 Å². The van der Waals surface area contributed by atoms with Crippen LogP contribution in [0.1, 0.15) is 45.1 Å². The lowest BCUT2D eigenvalue weighted by Gasteiger charge is -2.39. The summed E-state index contributed by atoms with van der Waals surface area (Å²) < 4.78 is 0. The minimum Gasteiger partial charge on any atom is -0.314 e. The summed E-state index contributed by atoms with van der Waals surface area (Å²) in [6.07, 6.45) is 6.95. The molecule has 20 heavy (non-hydrogen) atoms. The van der Waals surface area contributed by atoms with Crippen molar-refractivity contribution in [1.29, 1.82) is 0 Å². The molecule has 0 spiro atoms. The molecular formula is C18H26ClN. The number of hydrogen-bond acceptors (Lipinski definition) is 1. The number of halogens is 1. The van der Waals surface area contributed by atoms with Gasteiger partial charge in [-0.1, -0.05) is 44.0 Å². The van der Waals surface area contributed by atoms with Crippen molar-refractivity contribution < 1.29 is 0 Å². The maximum absolute atomic E-state index is 6.17. The molecule has 3 unspecified atom stereocenters. The molecule has 3 rings (SSSR count). The Bertz CT molecular complexity index is 470. The highest BCUT2D eigenvalue weighted by atomic mass is 35.5. The van der Waals surface area contributed by atoms with Crippen LogP contribution in [0, 0.1) is 17.3 Å². The summed E-state index contributed by atoms with van der Waals surface area (Å²) in [6, 6.07) is 9.05. The minimum atomic E-state index is 0.470. The molecule has 0 aromatic heterocycles. The zero-order valence-corrected chi connectivity index (χ0v) is 13.4. The molecule has 2 saturated carbocycles. The zero-order valence-electron chi connectivity index (χ0n) is 12.7. The van der Waals surface area contributed by atoms with E-state index >= 15 is 0 Å². The SMILES string of the molecule is CC(C)NCC1(Cc2cccc(Cl)c2)CC2CCC1C2. The first kappa shape index (κ1) is 14.4. The molecule has 2 aliphatic carbocycles. The van der Waals surface area contributed by atoms with Crippen LogP contribution in [0.25, 0.3) is 0 Å². The highest BCUT2D eigenvalue weighted by molar-refractivity contribution is 6.30. The fourth-order valence-electron chi connectivity index (χ4n) is 4.51. The van der Waals surface area contributed by atoms with E-state index in [-0.39, 0.29) is 0 Å². The Morgan fingerprint density at radius 2 is 2.20 bits per heavy atom. The Labute approximate surface area is 128 Å². The van der Waals surface area contributed by atoms with Crippen LogP contribution in [0.15, 0.2) is 24.3 Å². The van der Waals surface area contributed by atoms with Gasteiger partial charge in [-0.15, -0.1) is 0 Å². The summed E-state index contributed by atoms with van der Waals surface area (Å²) in [5.41, 5.74) is 1.88. The van der Waals surface area contributed by atoms with Gasteiger partial charge in [0.15, 0.2) is 0 Å². The Morgan fingerprint density at radius 3 is 2.80 bits per heavy atom. The molecule has 0 radical (unpaired) electrons. The molecule has 110 valence electrons. The van der Waals surface area contributed by atoms with Crippen LogP contribution in [0.5, 0.6) is 0 Å². The third kappa shape index (κ3) is 2.89. The molecule has 2 fully saturated rings. The fourth-order valence-corrected chi connectivity index (χ4v) is 4.73. The second-order valence-corrected chi connectivity index (χ2v) is 7.72. The molecule has 1 aromatic rings. The Morgan fingerprint density at radius 1 is 1.35 bits per heavy atom. The lowest BCUT2D eigenvalue weighted by molar-refractivity contribution is 0.152. The van der Waals surface area contributed by atoms with Gasteiger partial charge >= 0.3 is 0 Å². The molecule has 1 N–H and O–H groups in total. The van der Waals surface area contributed by atoms with Crippen LogP contribution in [-0.4, -0.2) is 12.6 Å². The number of hydrogen-bond donors (Lipinski definition) is 1. The summed E-state index contributed by atoms with van der Waals surface area (Å²) >= 11 is 6.17. The Balaban J connectivity index is 1.79. The van der Waals surface area contributed by atoms with Gasteiger partial charge in [-0.2, -0.15) is 0 Å². The highest BCUT2D eigenvalue weighted by Gasteiger charge is 2.50. The molecular weight excluding hydrogens is 266 g/mol. The van der Waals surface area contributed by atoms with Crippen LogP contribution < -0.4 is 5.32 Å². The van der Waals surface area contributed by atoms with Gasteiger partial charge in [0.1, 0.15) is 0 Å². The number of nitrogens with one attached hydrogen (secondary N) is 1. The normalized spacial score (nSPS) is 32.2. The third-order valence-electron chi connectivity index (χ3n) is 5.41. The Hall–Kier alpha value is -0.530. The molecule has 1 aromatic carbocycles. The molecule has 3 atom stereocenters. The van der Waals surface area contributed by atoms with Gasteiger partial charge in [0.05, 0.1) is 0 Å². The first-order valence-corrected chi connectivity index (χ1v) is 8.43. The van der Waals surface area contributed by atoms with Crippen molar-refractivity contribution >= 4 is 11.6 Å². The van der Waals surface area contributed by atoms with Crippen LogP contribution in [0.4, 0.5) is 0 Å². The standard InChI is InChI=1S/C18H26ClN/c1-13(2)20-12-18(11-15-6-7-16(18)8-15)10-14-4-3-5-17(19)9-14/h3-5,9,13,15-16,20H,6-8,10-12H2,1-2H3. The van der Waals surface area contributed by atoms with E-state index in [1.54, 1.807) is 0 Å². The van der Waals surface area contributed by atoms with Crippen molar-refractivity contribution in [3.8, 4) is 0 Å². The topological polar surface area (TPSA) is 12.0 Å². The molecule has 0 amide bonds. The van der Waals surface area contributed by atoms with Gasteiger partial charge in [0, 0.05) is 17.6 Å². The maximum atomic E-state index is 6.17. The van der Waals surface area contributed by atoms with E-state index in [2.05, 4.69) is 37.4 Å².